The van der Waals surface area contributed by atoms with Crippen LogP contribution in [0.15, 0.2) is 103 Å². The summed E-state index contributed by atoms with van der Waals surface area (Å²) in [6, 6.07) is 31.9. The van der Waals surface area contributed by atoms with Crippen LogP contribution in [0.3, 0.4) is 0 Å². The molecular formula is C25H19BrF3P. The molecule has 0 N–H and O–H groups in total. The average molecular weight is 487 g/mol. The van der Waals surface area contributed by atoms with Crippen LogP contribution in [0, 0.1) is 17.5 Å². The molecule has 0 nitrogen and oxygen atoms in total. The molecule has 0 heterocycles. The van der Waals surface area contributed by atoms with Crippen molar-refractivity contribution < 1.29 is 13.2 Å². The van der Waals surface area contributed by atoms with E-state index < -0.39 is 22.8 Å². The molecule has 152 valence electrons. The van der Waals surface area contributed by atoms with Gasteiger partial charge < -0.3 is 0 Å². The Morgan fingerprint density at radius 3 is 1.23 bits per heavy atom. The first kappa shape index (κ1) is 20.8. The maximum absolute atomic E-state index is 14.1. The topological polar surface area (TPSA) is 0 Å². The molecule has 0 aromatic heterocycles. The van der Waals surface area contributed by atoms with E-state index in [2.05, 4.69) is 15.5 Å². The molecule has 0 aliphatic heterocycles. The summed E-state index contributed by atoms with van der Waals surface area (Å²) < 4.78 is 41.9. The number of benzene rings is 4. The first-order valence-electron chi connectivity index (χ1n) is 9.46. The zero-order chi connectivity index (χ0) is 21.2. The molecule has 0 radical (unpaired) electrons. The van der Waals surface area contributed by atoms with Crippen molar-refractivity contribution in [2.75, 3.05) is 0 Å². The summed E-state index contributed by atoms with van der Waals surface area (Å²) in [4.78, 5) is 0. The molecule has 0 saturated heterocycles. The summed E-state index contributed by atoms with van der Waals surface area (Å²) in [6.45, 7) is 0. The van der Waals surface area contributed by atoms with Crippen molar-refractivity contribution in [3.63, 3.8) is 0 Å². The molecule has 0 bridgehead atoms. The van der Waals surface area contributed by atoms with Crippen molar-refractivity contribution in [2.24, 2.45) is 0 Å². The minimum absolute atomic E-state index is 0.289. The van der Waals surface area contributed by atoms with Gasteiger partial charge in [-0.3, -0.25) is 0 Å². The van der Waals surface area contributed by atoms with Gasteiger partial charge in [0.1, 0.15) is 0 Å². The van der Waals surface area contributed by atoms with E-state index in [9.17, 15) is 13.2 Å². The van der Waals surface area contributed by atoms with Gasteiger partial charge >= 0.3 is 182 Å². The fourth-order valence-electron chi connectivity index (χ4n) is 3.98. The molecule has 4 aromatic rings. The first-order chi connectivity index (χ1) is 14.4. The fraction of sp³-hybridized carbons (Fsp3) is 0.0400. The predicted octanol–water partition coefficient (Wildman–Crippen LogP) is 6.44. The molecule has 0 saturated carbocycles. The van der Waals surface area contributed by atoms with Crippen molar-refractivity contribution in [3.05, 3.63) is 126 Å². The summed E-state index contributed by atoms with van der Waals surface area (Å²) >= 11 is 4.21. The Morgan fingerprint density at radius 2 is 0.900 bits per heavy atom. The summed E-state index contributed by atoms with van der Waals surface area (Å²) in [5, 5.41) is -0.331. The van der Waals surface area contributed by atoms with Gasteiger partial charge in [0, 0.05) is 0 Å². The van der Waals surface area contributed by atoms with Crippen LogP contribution >= 0.6 is 20.8 Å². The Kier molecular flexibility index (Phi) is 5.57. The van der Waals surface area contributed by atoms with E-state index in [1.54, 1.807) is 0 Å². The third kappa shape index (κ3) is 3.38. The van der Waals surface area contributed by atoms with Crippen molar-refractivity contribution in [3.8, 4) is 0 Å². The number of rotatable bonds is 5. The van der Waals surface area contributed by atoms with Gasteiger partial charge in [0.2, 0.25) is 0 Å². The summed E-state index contributed by atoms with van der Waals surface area (Å²) in [7, 11) is 0. The van der Waals surface area contributed by atoms with Gasteiger partial charge in [0.15, 0.2) is 0 Å². The molecule has 0 aliphatic rings. The Hall–Kier alpha value is -2.42. The van der Waals surface area contributed by atoms with Crippen LogP contribution in [0.4, 0.5) is 13.2 Å². The molecule has 0 atom stereocenters. The van der Waals surface area contributed by atoms with Gasteiger partial charge in [0.25, 0.3) is 0 Å². The number of hydrogen-bond acceptors (Lipinski definition) is 0. The van der Waals surface area contributed by atoms with Crippen molar-refractivity contribution in [1.82, 2.24) is 0 Å². The summed E-state index contributed by atoms with van der Waals surface area (Å²) in [6.07, 6.45) is 0.289. The predicted molar refractivity (Wildman–Crippen MR) is 124 cm³/mol. The summed E-state index contributed by atoms with van der Waals surface area (Å²) in [5.41, 5.74) is 0.387. The van der Waals surface area contributed by atoms with Crippen LogP contribution in [0.1, 0.15) is 5.56 Å². The Bertz CT molecular complexity index is 1040. The van der Waals surface area contributed by atoms with Crippen LogP contribution in [-0.2, 0) is 6.16 Å². The van der Waals surface area contributed by atoms with E-state index in [4.69, 9.17) is 0 Å². The third-order valence-electron chi connectivity index (χ3n) is 5.41. The maximum atomic E-state index is 14.1. The van der Waals surface area contributed by atoms with E-state index >= 15 is 0 Å². The molecule has 30 heavy (non-hydrogen) atoms. The van der Waals surface area contributed by atoms with Gasteiger partial charge in [-0.25, -0.2) is 0 Å². The van der Waals surface area contributed by atoms with Gasteiger partial charge in [-0.1, -0.05) is 0 Å². The monoisotopic (exact) mass is 486 g/mol. The van der Waals surface area contributed by atoms with Crippen LogP contribution in [0.2, 0.25) is 0 Å². The fourth-order valence-corrected chi connectivity index (χ4v) is 11.7. The van der Waals surface area contributed by atoms with Gasteiger partial charge in [0.05, 0.1) is 0 Å². The molecule has 0 amide bonds. The Morgan fingerprint density at radius 1 is 0.567 bits per heavy atom. The molecule has 0 aliphatic carbocycles. The van der Waals surface area contributed by atoms with E-state index in [1.165, 1.54) is 0 Å². The second kappa shape index (κ2) is 8.02. The zero-order valence-corrected chi connectivity index (χ0v) is 18.5. The van der Waals surface area contributed by atoms with Crippen LogP contribution in [0.25, 0.3) is 0 Å². The number of halogens is 4. The Labute approximate surface area is 182 Å². The van der Waals surface area contributed by atoms with Gasteiger partial charge in [-0.2, -0.15) is 0 Å². The van der Waals surface area contributed by atoms with Gasteiger partial charge in [-0.15, -0.1) is 0 Å². The number of hydrogen-bond donors (Lipinski definition) is 0. The Balaban J connectivity index is 2.09. The van der Waals surface area contributed by atoms with Crippen LogP contribution in [0.5, 0.6) is 0 Å². The quantitative estimate of drug-likeness (QED) is 0.225. The van der Waals surface area contributed by atoms with E-state index in [0.29, 0.717) is 5.56 Å². The standard InChI is InChI=1S/C25H19BrF3P/c26-30(20-10-4-1-5-11-20,21-12-6-2-7-13-21,22-14-8-3-9-15-22)18-19-16-23(27)25(29)24(28)17-19/h1-17H,18H2. The molecule has 4 aromatic carbocycles. The van der Waals surface area contributed by atoms with Crippen molar-refractivity contribution in [1.29, 1.82) is 0 Å². The van der Waals surface area contributed by atoms with Crippen LogP contribution in [-0.4, -0.2) is 0 Å². The molecule has 4 rings (SSSR count). The molecular weight excluding hydrogens is 468 g/mol. The molecule has 5 heteroatoms. The normalized spacial score (nSPS) is 12.9. The van der Waals surface area contributed by atoms with Crippen LogP contribution < -0.4 is 15.9 Å². The first-order valence-corrected chi connectivity index (χ1v) is 13.9. The van der Waals surface area contributed by atoms with E-state index in [1.807, 2.05) is 91.0 Å². The molecule has 0 unspecified atom stereocenters. The zero-order valence-electron chi connectivity index (χ0n) is 16.0. The second-order valence-electron chi connectivity index (χ2n) is 7.22. The van der Waals surface area contributed by atoms with E-state index in [0.717, 1.165) is 28.0 Å². The van der Waals surface area contributed by atoms with Gasteiger partial charge in [-0.05, 0) is 0 Å². The second-order valence-corrected chi connectivity index (χ2v) is 16.1. The molecule has 0 spiro atoms. The van der Waals surface area contributed by atoms with Crippen molar-refractivity contribution in [2.45, 2.75) is 6.16 Å². The third-order valence-corrected chi connectivity index (χ3v) is 14.9. The van der Waals surface area contributed by atoms with Crippen molar-refractivity contribution >= 4 is 36.7 Å². The van der Waals surface area contributed by atoms with E-state index in [-0.39, 0.29) is 6.16 Å². The summed E-state index contributed by atoms with van der Waals surface area (Å²) in [5.74, 6) is -3.82. The average Bonchev–Trinajstić information content (AvgIpc) is 2.79. The SMILES string of the molecule is Fc1cc(CP(Br)(c2ccccc2)(c2ccccc2)c2ccccc2)cc(F)c1F. The molecule has 0 fully saturated rings. The minimum atomic E-state index is -3.39.